The maximum atomic E-state index is 12.2. The highest BCUT2D eigenvalue weighted by Gasteiger charge is 2.28. The van der Waals surface area contributed by atoms with Gasteiger partial charge in [-0.1, -0.05) is 13.8 Å². The lowest BCUT2D eigenvalue weighted by molar-refractivity contribution is -0.129. The molecule has 6 nitrogen and oxygen atoms in total. The number of nitrogens with zero attached hydrogens (tertiary/aromatic N) is 2. The van der Waals surface area contributed by atoms with Gasteiger partial charge in [0.1, 0.15) is 5.75 Å². The molecule has 124 valence electrons. The zero-order valence-corrected chi connectivity index (χ0v) is 14.3. The number of likely N-dealkylation sites (tertiary alicyclic amines) is 1. The zero-order valence-electron chi connectivity index (χ0n) is 13.5. The van der Waals surface area contributed by atoms with E-state index < -0.39 is 15.8 Å². The Morgan fingerprint density at radius 3 is 2.29 bits per heavy atom. The van der Waals surface area contributed by atoms with Gasteiger partial charge in [0.15, 0.2) is 0 Å². The molecule has 7 heteroatoms. The van der Waals surface area contributed by atoms with E-state index in [1.54, 1.807) is 18.7 Å². The second-order valence-corrected chi connectivity index (χ2v) is 7.53. The van der Waals surface area contributed by atoms with Crippen LogP contribution in [0.25, 0.3) is 0 Å². The van der Waals surface area contributed by atoms with Crippen LogP contribution in [0.5, 0.6) is 0 Å². The van der Waals surface area contributed by atoms with Crippen LogP contribution in [0, 0.1) is 5.92 Å². The zero-order chi connectivity index (χ0) is 15.9. The van der Waals surface area contributed by atoms with Crippen LogP contribution in [-0.4, -0.2) is 69.1 Å². The van der Waals surface area contributed by atoms with Gasteiger partial charge in [0.2, 0.25) is 15.9 Å². The summed E-state index contributed by atoms with van der Waals surface area (Å²) in [6, 6.07) is 0. The van der Waals surface area contributed by atoms with Crippen LogP contribution in [0.2, 0.25) is 0 Å². The molecular weight excluding hydrogens is 290 g/mol. The van der Waals surface area contributed by atoms with Crippen LogP contribution in [0.1, 0.15) is 33.1 Å². The molecule has 1 rings (SSSR count). The van der Waals surface area contributed by atoms with E-state index in [-0.39, 0.29) is 5.91 Å². The van der Waals surface area contributed by atoms with E-state index in [4.69, 9.17) is 0 Å². The van der Waals surface area contributed by atoms with Crippen LogP contribution in [-0.2, 0) is 14.8 Å². The van der Waals surface area contributed by atoms with E-state index in [0.717, 1.165) is 25.8 Å². The second kappa shape index (κ2) is 8.70. The highest BCUT2D eigenvalue weighted by atomic mass is 32.2. The third kappa shape index (κ3) is 5.56. The Labute approximate surface area is 128 Å². The molecule has 0 unspecified atom stereocenters. The molecule has 1 amide bonds. The largest absolute Gasteiger partial charge is 0.342 e. The number of amides is 1. The summed E-state index contributed by atoms with van der Waals surface area (Å²) in [5, 5.41) is 3.14. The molecule has 1 fully saturated rings. The first kappa shape index (κ1) is 18.4. The number of nitrogens with one attached hydrogen (secondary N) is 1. The molecule has 0 bridgehead atoms. The van der Waals surface area contributed by atoms with Gasteiger partial charge in [-0.15, -0.1) is 0 Å². The van der Waals surface area contributed by atoms with Crippen molar-refractivity contribution < 1.29 is 13.2 Å². The van der Waals surface area contributed by atoms with Crippen molar-refractivity contribution in [2.24, 2.45) is 5.92 Å². The minimum absolute atomic E-state index is 0.256. The van der Waals surface area contributed by atoms with Crippen molar-refractivity contribution in [3.63, 3.8) is 0 Å². The Bertz CT molecular complexity index is 413. The predicted octanol–water partition coefficient (Wildman–Crippen LogP) is 0.506. The lowest BCUT2D eigenvalue weighted by Gasteiger charge is -2.32. The molecule has 1 saturated heterocycles. The van der Waals surface area contributed by atoms with E-state index >= 15 is 0 Å². The van der Waals surface area contributed by atoms with Crippen molar-refractivity contribution >= 4 is 15.9 Å². The molecule has 1 N–H and O–H groups in total. The molecule has 0 spiro atoms. The summed E-state index contributed by atoms with van der Waals surface area (Å²) in [5.74, 6) is -0.00887. The minimum atomic E-state index is -3.47. The minimum Gasteiger partial charge on any atom is -0.342 e. The first-order valence-electron chi connectivity index (χ1n) is 7.84. The number of hydrogen-bond donors (Lipinski definition) is 1. The van der Waals surface area contributed by atoms with Crippen molar-refractivity contribution in [1.29, 1.82) is 0 Å². The van der Waals surface area contributed by atoms with Crippen LogP contribution < -0.4 is 5.32 Å². The molecule has 1 aliphatic heterocycles. The topological polar surface area (TPSA) is 69.7 Å². The first-order valence-corrected chi connectivity index (χ1v) is 9.45. The van der Waals surface area contributed by atoms with Crippen molar-refractivity contribution in [1.82, 2.24) is 14.5 Å². The molecule has 1 heterocycles. The van der Waals surface area contributed by atoms with Crippen molar-refractivity contribution in [3.05, 3.63) is 0 Å². The van der Waals surface area contributed by atoms with Gasteiger partial charge in [-0.2, -0.15) is 0 Å². The average Bonchev–Trinajstić information content (AvgIpc) is 2.46. The normalized spacial score (nSPS) is 17.4. The maximum absolute atomic E-state index is 12.2. The Balaban J connectivity index is 2.47. The summed E-state index contributed by atoms with van der Waals surface area (Å²) in [6.45, 7) is 6.77. The van der Waals surface area contributed by atoms with E-state index in [2.05, 4.69) is 5.32 Å². The van der Waals surface area contributed by atoms with Gasteiger partial charge in [0.05, 0.1) is 0 Å². The van der Waals surface area contributed by atoms with Crippen LogP contribution in [0.15, 0.2) is 0 Å². The third-order valence-electron chi connectivity index (χ3n) is 4.17. The van der Waals surface area contributed by atoms with Gasteiger partial charge in [-0.3, -0.25) is 4.79 Å². The molecular formula is C14H29N3O3S. The Morgan fingerprint density at radius 1 is 1.24 bits per heavy atom. The Kier molecular flexibility index (Phi) is 7.62. The highest BCUT2D eigenvalue weighted by Crippen LogP contribution is 2.20. The molecule has 0 aliphatic carbocycles. The third-order valence-corrected chi connectivity index (χ3v) is 6.09. The maximum Gasteiger partial charge on any atom is 0.239 e. The van der Waals surface area contributed by atoms with Gasteiger partial charge in [-0.25, -0.2) is 12.7 Å². The average molecular weight is 319 g/mol. The van der Waals surface area contributed by atoms with Gasteiger partial charge in [0, 0.05) is 26.2 Å². The molecule has 1 aliphatic rings. The monoisotopic (exact) mass is 319 g/mol. The Hall–Kier alpha value is -0.660. The highest BCUT2D eigenvalue weighted by molar-refractivity contribution is 7.89. The second-order valence-electron chi connectivity index (χ2n) is 5.56. The summed E-state index contributed by atoms with van der Waals surface area (Å²) in [4.78, 5) is 13.9. The van der Waals surface area contributed by atoms with Crippen LogP contribution in [0.4, 0.5) is 0 Å². The quantitative estimate of drug-likeness (QED) is 0.707. The number of hydrogen-bond acceptors (Lipinski definition) is 4. The lowest BCUT2D eigenvalue weighted by Crippen LogP contribution is -2.44. The summed E-state index contributed by atoms with van der Waals surface area (Å²) in [7, 11) is -1.53. The van der Waals surface area contributed by atoms with Crippen LogP contribution >= 0.6 is 0 Å². The summed E-state index contributed by atoms with van der Waals surface area (Å²) >= 11 is 0. The number of carbonyl (C=O) groups is 1. The SMILES string of the molecule is CCN(CC)S(=O)(=O)CC(=O)N1CCC(CCNC)CC1. The van der Waals surface area contributed by atoms with Crippen molar-refractivity contribution in [3.8, 4) is 0 Å². The van der Waals surface area contributed by atoms with Crippen molar-refractivity contribution in [2.75, 3.05) is 45.5 Å². The smallest absolute Gasteiger partial charge is 0.239 e. The van der Waals surface area contributed by atoms with Crippen molar-refractivity contribution in [2.45, 2.75) is 33.1 Å². The fourth-order valence-corrected chi connectivity index (χ4v) is 4.24. The van der Waals surface area contributed by atoms with Gasteiger partial charge in [0.25, 0.3) is 0 Å². The van der Waals surface area contributed by atoms with E-state index in [1.165, 1.54) is 4.31 Å². The van der Waals surface area contributed by atoms with Gasteiger partial charge >= 0.3 is 0 Å². The van der Waals surface area contributed by atoms with E-state index in [1.807, 2.05) is 7.05 Å². The number of piperidine rings is 1. The molecule has 0 aromatic carbocycles. The predicted molar refractivity (Wildman–Crippen MR) is 84.6 cm³/mol. The molecule has 0 atom stereocenters. The lowest BCUT2D eigenvalue weighted by atomic mass is 9.93. The standard InChI is InChI=1S/C14H29N3O3S/c1-4-17(5-2)21(19,20)12-14(18)16-10-7-13(8-11-16)6-9-15-3/h13,15H,4-12H2,1-3H3. The summed E-state index contributed by atoms with van der Waals surface area (Å²) < 4.78 is 25.6. The van der Waals surface area contributed by atoms with Crippen LogP contribution in [0.3, 0.4) is 0 Å². The fraction of sp³-hybridized carbons (Fsp3) is 0.929. The van der Waals surface area contributed by atoms with Gasteiger partial charge in [-0.05, 0) is 38.8 Å². The first-order chi connectivity index (χ1) is 9.94. The molecule has 0 radical (unpaired) electrons. The van der Waals surface area contributed by atoms with E-state index in [9.17, 15) is 13.2 Å². The Morgan fingerprint density at radius 2 is 1.81 bits per heavy atom. The van der Waals surface area contributed by atoms with E-state index in [0.29, 0.717) is 32.1 Å². The van der Waals surface area contributed by atoms with Gasteiger partial charge < -0.3 is 10.2 Å². The number of sulfonamides is 1. The molecule has 0 aromatic rings. The molecule has 21 heavy (non-hydrogen) atoms. The fourth-order valence-electron chi connectivity index (χ4n) is 2.78. The number of carbonyl (C=O) groups excluding carboxylic acids is 1. The molecule has 0 aromatic heterocycles. The number of rotatable bonds is 8. The summed E-state index contributed by atoms with van der Waals surface area (Å²) in [6.07, 6.45) is 3.06. The molecule has 0 saturated carbocycles. The summed E-state index contributed by atoms with van der Waals surface area (Å²) in [5.41, 5.74) is 0.